The molecule has 0 bridgehead atoms. The predicted molar refractivity (Wildman–Crippen MR) is 90.9 cm³/mol. The lowest BCUT2D eigenvalue weighted by atomic mass is 9.80. The van der Waals surface area contributed by atoms with Crippen molar-refractivity contribution in [1.29, 1.82) is 0 Å². The third-order valence-corrected chi connectivity index (χ3v) is 4.58. The third kappa shape index (κ3) is 3.27. The van der Waals surface area contributed by atoms with Gasteiger partial charge in [-0.3, -0.25) is 9.78 Å². The SMILES string of the molecule is C=CC(=O)N(Cc1cc(C)c2ncccc2c1)CC1(O)CCC1. The molecule has 0 atom stereocenters. The van der Waals surface area contributed by atoms with Crippen LogP contribution in [0.2, 0.25) is 0 Å². The molecule has 3 rings (SSSR count). The highest BCUT2D eigenvalue weighted by molar-refractivity contribution is 5.87. The summed E-state index contributed by atoms with van der Waals surface area (Å²) < 4.78 is 0. The number of aliphatic hydroxyl groups is 1. The molecule has 1 fully saturated rings. The molecule has 0 aliphatic heterocycles. The summed E-state index contributed by atoms with van der Waals surface area (Å²) in [7, 11) is 0. The zero-order valence-electron chi connectivity index (χ0n) is 13.5. The number of benzene rings is 1. The summed E-state index contributed by atoms with van der Waals surface area (Å²) in [6.45, 7) is 6.44. The first-order valence-electron chi connectivity index (χ1n) is 7.99. The maximum absolute atomic E-state index is 12.2. The quantitative estimate of drug-likeness (QED) is 0.864. The Morgan fingerprint density at radius 1 is 1.48 bits per heavy atom. The summed E-state index contributed by atoms with van der Waals surface area (Å²) in [6, 6.07) is 8.06. The van der Waals surface area contributed by atoms with Crippen molar-refractivity contribution in [2.45, 2.75) is 38.3 Å². The third-order valence-electron chi connectivity index (χ3n) is 4.58. The molecule has 1 heterocycles. The average molecular weight is 310 g/mol. The van der Waals surface area contributed by atoms with Gasteiger partial charge in [-0.1, -0.05) is 18.7 Å². The van der Waals surface area contributed by atoms with Crippen LogP contribution in [0.4, 0.5) is 0 Å². The van der Waals surface area contributed by atoms with Crippen LogP contribution in [-0.4, -0.2) is 33.0 Å². The Labute approximate surface area is 136 Å². The molecule has 4 nitrogen and oxygen atoms in total. The monoisotopic (exact) mass is 310 g/mol. The number of hydrogen-bond acceptors (Lipinski definition) is 3. The van der Waals surface area contributed by atoms with Crippen LogP contribution in [0.5, 0.6) is 0 Å². The maximum Gasteiger partial charge on any atom is 0.246 e. The Hall–Kier alpha value is -2.20. The highest BCUT2D eigenvalue weighted by Crippen LogP contribution is 2.33. The minimum Gasteiger partial charge on any atom is -0.388 e. The Morgan fingerprint density at radius 2 is 2.26 bits per heavy atom. The molecule has 1 amide bonds. The van der Waals surface area contributed by atoms with Crippen molar-refractivity contribution in [1.82, 2.24) is 9.88 Å². The summed E-state index contributed by atoms with van der Waals surface area (Å²) in [5.74, 6) is -0.144. The van der Waals surface area contributed by atoms with E-state index in [0.29, 0.717) is 13.1 Å². The number of nitrogens with zero attached hydrogens (tertiary/aromatic N) is 2. The molecular formula is C19H22N2O2. The van der Waals surface area contributed by atoms with Crippen LogP contribution in [0.25, 0.3) is 10.9 Å². The van der Waals surface area contributed by atoms with Crippen molar-refractivity contribution in [3.05, 3.63) is 54.2 Å². The molecule has 0 saturated heterocycles. The van der Waals surface area contributed by atoms with Crippen molar-refractivity contribution in [3.8, 4) is 0 Å². The van der Waals surface area contributed by atoms with E-state index in [1.165, 1.54) is 6.08 Å². The number of aromatic nitrogens is 1. The molecule has 1 saturated carbocycles. The summed E-state index contributed by atoms with van der Waals surface area (Å²) in [5.41, 5.74) is 2.38. The topological polar surface area (TPSA) is 53.4 Å². The number of pyridine rings is 1. The lowest BCUT2D eigenvalue weighted by molar-refractivity contribution is -0.133. The van der Waals surface area contributed by atoms with Crippen molar-refractivity contribution in [2.75, 3.05) is 6.54 Å². The maximum atomic E-state index is 12.2. The molecule has 0 spiro atoms. The Kier molecular flexibility index (Phi) is 4.18. The van der Waals surface area contributed by atoms with Crippen molar-refractivity contribution < 1.29 is 9.90 Å². The zero-order chi connectivity index (χ0) is 16.4. The number of hydrogen-bond donors (Lipinski definition) is 1. The lowest BCUT2D eigenvalue weighted by Gasteiger charge is -2.40. The molecule has 1 aliphatic carbocycles. The molecule has 0 radical (unpaired) electrons. The van der Waals surface area contributed by atoms with Gasteiger partial charge >= 0.3 is 0 Å². The summed E-state index contributed by atoms with van der Waals surface area (Å²) in [6.07, 6.45) is 5.64. The van der Waals surface area contributed by atoms with E-state index in [2.05, 4.69) is 23.7 Å². The first-order chi connectivity index (χ1) is 11.0. The van der Waals surface area contributed by atoms with Crippen molar-refractivity contribution in [2.24, 2.45) is 0 Å². The highest BCUT2D eigenvalue weighted by atomic mass is 16.3. The van der Waals surface area contributed by atoms with E-state index in [9.17, 15) is 9.90 Å². The van der Waals surface area contributed by atoms with Gasteiger partial charge in [0.1, 0.15) is 0 Å². The number of rotatable bonds is 5. The van der Waals surface area contributed by atoms with E-state index in [1.807, 2.05) is 19.1 Å². The molecule has 1 aliphatic rings. The van der Waals surface area contributed by atoms with Gasteiger partial charge in [0.15, 0.2) is 0 Å². The first kappa shape index (κ1) is 15.7. The van der Waals surface area contributed by atoms with Crippen molar-refractivity contribution >= 4 is 16.8 Å². The molecule has 1 aromatic carbocycles. The van der Waals surface area contributed by atoms with Crippen LogP contribution >= 0.6 is 0 Å². The fourth-order valence-corrected chi connectivity index (χ4v) is 3.20. The van der Waals surface area contributed by atoms with E-state index >= 15 is 0 Å². The van der Waals surface area contributed by atoms with Crippen molar-refractivity contribution in [3.63, 3.8) is 0 Å². The Morgan fingerprint density at radius 3 is 2.91 bits per heavy atom. The molecule has 2 aromatic rings. The summed E-state index contributed by atoms with van der Waals surface area (Å²) in [5, 5.41) is 11.5. The van der Waals surface area contributed by atoms with Gasteiger partial charge in [0.25, 0.3) is 0 Å². The fourth-order valence-electron chi connectivity index (χ4n) is 3.20. The molecule has 0 unspecified atom stereocenters. The van der Waals surface area contributed by atoms with Crippen LogP contribution in [0.15, 0.2) is 43.1 Å². The normalized spacial score (nSPS) is 15.9. The minimum absolute atomic E-state index is 0.144. The molecule has 4 heteroatoms. The molecular weight excluding hydrogens is 288 g/mol. The van der Waals surface area contributed by atoms with Gasteiger partial charge in [-0.2, -0.15) is 0 Å². The second-order valence-electron chi connectivity index (χ2n) is 6.46. The molecule has 1 N–H and O–H groups in total. The number of aryl methyl sites for hydroxylation is 1. The van der Waals surface area contributed by atoms with E-state index in [-0.39, 0.29) is 5.91 Å². The zero-order valence-corrected chi connectivity index (χ0v) is 13.5. The van der Waals surface area contributed by atoms with Crippen LogP contribution in [-0.2, 0) is 11.3 Å². The number of carbonyl (C=O) groups is 1. The number of fused-ring (bicyclic) bond motifs is 1. The predicted octanol–water partition coefficient (Wildman–Crippen LogP) is 2.97. The Bertz CT molecular complexity index is 750. The fraction of sp³-hybridized carbons (Fsp3) is 0.368. The van der Waals surface area contributed by atoms with Gasteiger partial charge in [-0.05, 0) is 55.5 Å². The van der Waals surface area contributed by atoms with Gasteiger partial charge in [0.05, 0.1) is 17.7 Å². The largest absolute Gasteiger partial charge is 0.388 e. The van der Waals surface area contributed by atoms with E-state index in [1.54, 1.807) is 11.1 Å². The number of carbonyl (C=O) groups excluding carboxylic acids is 1. The van der Waals surface area contributed by atoms with E-state index in [0.717, 1.165) is 41.3 Å². The van der Waals surface area contributed by atoms with Crippen LogP contribution in [0.1, 0.15) is 30.4 Å². The first-order valence-corrected chi connectivity index (χ1v) is 7.99. The van der Waals surface area contributed by atoms with Crippen LogP contribution in [0, 0.1) is 6.92 Å². The summed E-state index contributed by atoms with van der Waals surface area (Å²) >= 11 is 0. The molecule has 1 aromatic heterocycles. The van der Waals surface area contributed by atoms with Gasteiger partial charge in [-0.25, -0.2) is 0 Å². The van der Waals surface area contributed by atoms with E-state index in [4.69, 9.17) is 0 Å². The standard InChI is InChI=1S/C19H22N2O2/c1-3-17(22)21(13-19(23)7-5-8-19)12-15-10-14(2)18-16(11-15)6-4-9-20-18/h3-4,6,9-11,23H,1,5,7-8,12-13H2,2H3. The van der Waals surface area contributed by atoms with Crippen LogP contribution in [0.3, 0.4) is 0 Å². The highest BCUT2D eigenvalue weighted by Gasteiger charge is 2.37. The van der Waals surface area contributed by atoms with Crippen LogP contribution < -0.4 is 0 Å². The summed E-state index contributed by atoms with van der Waals surface area (Å²) in [4.78, 5) is 18.2. The number of amides is 1. The Balaban J connectivity index is 1.87. The lowest BCUT2D eigenvalue weighted by Crippen LogP contribution is -2.49. The molecule has 23 heavy (non-hydrogen) atoms. The van der Waals surface area contributed by atoms with Gasteiger partial charge in [0.2, 0.25) is 5.91 Å². The average Bonchev–Trinajstić information content (AvgIpc) is 2.52. The van der Waals surface area contributed by atoms with Gasteiger partial charge in [0, 0.05) is 18.1 Å². The van der Waals surface area contributed by atoms with Gasteiger partial charge < -0.3 is 10.0 Å². The smallest absolute Gasteiger partial charge is 0.246 e. The minimum atomic E-state index is -0.730. The van der Waals surface area contributed by atoms with Gasteiger partial charge in [-0.15, -0.1) is 0 Å². The second kappa shape index (κ2) is 6.13. The second-order valence-corrected chi connectivity index (χ2v) is 6.46. The molecule has 120 valence electrons. The van der Waals surface area contributed by atoms with E-state index < -0.39 is 5.60 Å².